The quantitative estimate of drug-likeness (QED) is 0.350. The van der Waals surface area contributed by atoms with Crippen molar-refractivity contribution in [2.75, 3.05) is 0 Å². The number of nitrogens with two attached hydrogens (primary N) is 1. The number of hydrazine groups is 1. The molecule has 2 amide bonds. The van der Waals surface area contributed by atoms with Crippen molar-refractivity contribution in [3.05, 3.63) is 47.5 Å². The Bertz CT molecular complexity index is 523. The fourth-order valence-corrected chi connectivity index (χ4v) is 1.24. The highest BCUT2D eigenvalue weighted by molar-refractivity contribution is 6.08. The molecular formula is C12H12N2O4. The Hall–Kier alpha value is -2.47. The van der Waals surface area contributed by atoms with Crippen LogP contribution in [0.15, 0.2) is 36.4 Å². The zero-order valence-electron chi connectivity index (χ0n) is 9.66. The lowest BCUT2D eigenvalue weighted by Crippen LogP contribution is -2.41. The molecule has 0 aliphatic rings. The lowest BCUT2D eigenvalue weighted by molar-refractivity contribution is -0.132. The van der Waals surface area contributed by atoms with Gasteiger partial charge in [0.05, 0.1) is 0 Å². The number of rotatable bonds is 3. The van der Waals surface area contributed by atoms with Gasteiger partial charge in [-0.3, -0.25) is 9.59 Å². The van der Waals surface area contributed by atoms with E-state index in [9.17, 15) is 14.4 Å². The molecule has 0 unspecified atom stereocenters. The molecule has 18 heavy (non-hydrogen) atoms. The molecule has 0 aliphatic heterocycles. The molecule has 0 spiro atoms. The van der Waals surface area contributed by atoms with Crippen molar-refractivity contribution in [1.29, 1.82) is 0 Å². The number of carboxylic acids is 1. The molecule has 0 atom stereocenters. The molecule has 0 radical (unpaired) electrons. The molecule has 0 fully saturated rings. The summed E-state index contributed by atoms with van der Waals surface area (Å²) < 4.78 is 0. The Morgan fingerprint density at radius 3 is 2.50 bits per heavy atom. The van der Waals surface area contributed by atoms with Crippen molar-refractivity contribution >= 4 is 17.8 Å². The molecule has 94 valence electrons. The summed E-state index contributed by atoms with van der Waals surface area (Å²) in [4.78, 5) is 33.4. The molecule has 0 aromatic heterocycles. The Balaban J connectivity index is 2.84. The number of carboxylic acid groups (broad SMARTS) is 1. The summed E-state index contributed by atoms with van der Waals surface area (Å²) in [6, 6.07) is 6.55. The molecule has 6 heteroatoms. The van der Waals surface area contributed by atoms with Crippen LogP contribution in [0.1, 0.15) is 15.9 Å². The minimum Gasteiger partial charge on any atom is -0.478 e. The molecule has 1 aromatic carbocycles. The second-order valence-electron chi connectivity index (χ2n) is 3.55. The van der Waals surface area contributed by atoms with E-state index in [1.54, 1.807) is 25.1 Å². The van der Waals surface area contributed by atoms with Crippen LogP contribution >= 0.6 is 0 Å². The predicted molar refractivity (Wildman–Crippen MR) is 63.3 cm³/mol. The van der Waals surface area contributed by atoms with Gasteiger partial charge in [-0.05, 0) is 19.1 Å². The van der Waals surface area contributed by atoms with Gasteiger partial charge in [0.25, 0.3) is 11.8 Å². The van der Waals surface area contributed by atoms with Crippen LogP contribution in [0, 0.1) is 6.92 Å². The number of carbonyl (C=O) groups excluding carboxylic acids is 2. The maximum Gasteiger partial charge on any atom is 0.328 e. The smallest absolute Gasteiger partial charge is 0.328 e. The van der Waals surface area contributed by atoms with E-state index >= 15 is 0 Å². The van der Waals surface area contributed by atoms with Gasteiger partial charge in [0.1, 0.15) is 0 Å². The molecular weight excluding hydrogens is 236 g/mol. The minimum atomic E-state index is -1.29. The van der Waals surface area contributed by atoms with E-state index in [0.717, 1.165) is 11.6 Å². The van der Waals surface area contributed by atoms with Crippen LogP contribution in [0.2, 0.25) is 0 Å². The van der Waals surface area contributed by atoms with Gasteiger partial charge in [-0.15, -0.1) is 0 Å². The Labute approximate surface area is 103 Å². The monoisotopic (exact) mass is 248 g/mol. The minimum absolute atomic E-state index is 0.259. The van der Waals surface area contributed by atoms with E-state index < -0.39 is 17.8 Å². The summed E-state index contributed by atoms with van der Waals surface area (Å²) in [5.41, 5.74) is 1.11. The van der Waals surface area contributed by atoms with Crippen LogP contribution in [0.5, 0.6) is 0 Å². The van der Waals surface area contributed by atoms with Crippen molar-refractivity contribution in [2.24, 2.45) is 5.84 Å². The van der Waals surface area contributed by atoms with E-state index in [-0.39, 0.29) is 5.56 Å². The topological polar surface area (TPSA) is 101 Å². The fourth-order valence-electron chi connectivity index (χ4n) is 1.24. The molecule has 0 saturated heterocycles. The van der Waals surface area contributed by atoms with Crippen LogP contribution in [-0.4, -0.2) is 27.9 Å². The standard InChI is InChI=1S/C12H12N2O4/c1-8-3-2-4-9(7-8)12(18)14(13)10(15)5-6-11(16)17/h2-7H,13H2,1H3,(H,16,17)/b6-5-. The average molecular weight is 248 g/mol. The van der Waals surface area contributed by atoms with Gasteiger partial charge >= 0.3 is 5.97 Å². The number of hydrogen-bond donors (Lipinski definition) is 2. The molecule has 1 aromatic rings. The van der Waals surface area contributed by atoms with Gasteiger partial charge in [-0.25, -0.2) is 15.6 Å². The SMILES string of the molecule is Cc1cccc(C(=O)N(N)C(=O)/C=C\C(=O)O)c1. The van der Waals surface area contributed by atoms with Crippen molar-refractivity contribution in [3.8, 4) is 0 Å². The summed E-state index contributed by atoms with van der Waals surface area (Å²) in [6.07, 6.45) is 1.34. The number of carbonyl (C=O) groups is 3. The van der Waals surface area contributed by atoms with Gasteiger partial charge in [-0.2, -0.15) is 0 Å². The zero-order valence-corrected chi connectivity index (χ0v) is 9.66. The van der Waals surface area contributed by atoms with Crippen molar-refractivity contribution in [3.63, 3.8) is 0 Å². The summed E-state index contributed by atoms with van der Waals surface area (Å²) in [6.45, 7) is 1.80. The molecule has 1 rings (SSSR count). The first-order valence-corrected chi connectivity index (χ1v) is 5.02. The number of hydrogen-bond acceptors (Lipinski definition) is 4. The maximum atomic E-state index is 11.8. The summed E-state index contributed by atoms with van der Waals surface area (Å²) >= 11 is 0. The van der Waals surface area contributed by atoms with Gasteiger partial charge in [-0.1, -0.05) is 17.7 Å². The molecule has 3 N–H and O–H groups in total. The van der Waals surface area contributed by atoms with E-state index in [1.807, 2.05) is 0 Å². The molecule has 0 bridgehead atoms. The third-order valence-corrected chi connectivity index (χ3v) is 2.09. The Morgan fingerprint density at radius 1 is 1.28 bits per heavy atom. The van der Waals surface area contributed by atoms with E-state index in [2.05, 4.69) is 0 Å². The second-order valence-corrected chi connectivity index (χ2v) is 3.55. The number of amides is 2. The highest BCUT2D eigenvalue weighted by Gasteiger charge is 2.17. The van der Waals surface area contributed by atoms with Crippen LogP contribution < -0.4 is 5.84 Å². The number of nitrogens with zero attached hydrogens (tertiary/aromatic N) is 1. The van der Waals surface area contributed by atoms with Crippen molar-refractivity contribution in [2.45, 2.75) is 6.92 Å². The van der Waals surface area contributed by atoms with Crippen LogP contribution in [0.25, 0.3) is 0 Å². The largest absolute Gasteiger partial charge is 0.478 e. The van der Waals surface area contributed by atoms with Crippen LogP contribution in [0.4, 0.5) is 0 Å². The first-order chi connectivity index (χ1) is 8.41. The zero-order chi connectivity index (χ0) is 13.7. The fraction of sp³-hybridized carbons (Fsp3) is 0.0833. The average Bonchev–Trinajstić information content (AvgIpc) is 2.34. The summed E-state index contributed by atoms with van der Waals surface area (Å²) in [7, 11) is 0. The van der Waals surface area contributed by atoms with Crippen molar-refractivity contribution < 1.29 is 19.5 Å². The van der Waals surface area contributed by atoms with Crippen LogP contribution in [-0.2, 0) is 9.59 Å². The maximum absolute atomic E-state index is 11.8. The van der Waals surface area contributed by atoms with Gasteiger partial charge in [0.15, 0.2) is 0 Å². The summed E-state index contributed by atoms with van der Waals surface area (Å²) in [5.74, 6) is 2.43. The molecule has 6 nitrogen and oxygen atoms in total. The number of imide groups is 1. The Kier molecular flexibility index (Phi) is 4.33. The number of benzene rings is 1. The lowest BCUT2D eigenvalue weighted by Gasteiger charge is -2.12. The van der Waals surface area contributed by atoms with Crippen LogP contribution in [0.3, 0.4) is 0 Å². The molecule has 0 aliphatic carbocycles. The third-order valence-electron chi connectivity index (χ3n) is 2.09. The number of aliphatic carboxylic acids is 1. The van der Waals surface area contributed by atoms with Gasteiger partial charge in [0.2, 0.25) is 0 Å². The number of aryl methyl sites for hydroxylation is 1. The van der Waals surface area contributed by atoms with Gasteiger partial charge in [0, 0.05) is 17.7 Å². The lowest BCUT2D eigenvalue weighted by atomic mass is 10.1. The Morgan fingerprint density at radius 2 is 1.94 bits per heavy atom. The first-order valence-electron chi connectivity index (χ1n) is 5.02. The highest BCUT2D eigenvalue weighted by atomic mass is 16.4. The highest BCUT2D eigenvalue weighted by Crippen LogP contribution is 2.06. The molecule has 0 heterocycles. The molecule has 0 saturated carbocycles. The third kappa shape index (κ3) is 3.53. The summed E-state index contributed by atoms with van der Waals surface area (Å²) in [5, 5.41) is 8.72. The predicted octanol–water partition coefficient (Wildman–Crippen LogP) is 0.478. The van der Waals surface area contributed by atoms with E-state index in [4.69, 9.17) is 10.9 Å². The van der Waals surface area contributed by atoms with E-state index in [0.29, 0.717) is 11.1 Å². The normalized spacial score (nSPS) is 10.3. The second kappa shape index (κ2) is 5.74. The first kappa shape index (κ1) is 13.6. The van der Waals surface area contributed by atoms with Gasteiger partial charge < -0.3 is 5.11 Å². The van der Waals surface area contributed by atoms with Crippen molar-refractivity contribution in [1.82, 2.24) is 5.01 Å². The van der Waals surface area contributed by atoms with E-state index in [1.165, 1.54) is 6.07 Å².